The highest BCUT2D eigenvalue weighted by atomic mass is 32.2. The molecule has 2 aliphatic rings. The van der Waals surface area contributed by atoms with Gasteiger partial charge in [0.2, 0.25) is 10.0 Å². The summed E-state index contributed by atoms with van der Waals surface area (Å²) >= 11 is 0. The number of hydrogen-bond donors (Lipinski definition) is 1. The van der Waals surface area contributed by atoms with Crippen LogP contribution in [0.2, 0.25) is 0 Å². The van der Waals surface area contributed by atoms with Gasteiger partial charge in [-0.15, -0.1) is 0 Å². The molecule has 1 aromatic carbocycles. The van der Waals surface area contributed by atoms with Crippen molar-refractivity contribution in [2.75, 3.05) is 63.9 Å². The number of rotatable bonds is 6. The second kappa shape index (κ2) is 8.70. The van der Waals surface area contributed by atoms with Gasteiger partial charge in [-0.25, -0.2) is 8.42 Å². The van der Waals surface area contributed by atoms with Crippen molar-refractivity contribution in [1.82, 2.24) is 9.21 Å². The number of sulfonamides is 1. The predicted octanol–water partition coefficient (Wildman–Crippen LogP) is 0.119. The van der Waals surface area contributed by atoms with Gasteiger partial charge >= 0.3 is 0 Å². The van der Waals surface area contributed by atoms with Crippen LogP contribution < -0.4 is 4.90 Å². The monoisotopic (exact) mass is 414 g/mol. The van der Waals surface area contributed by atoms with Crippen LogP contribution in [0, 0.1) is 10.1 Å². The number of ether oxygens (including phenoxy) is 1. The highest BCUT2D eigenvalue weighted by Gasteiger charge is 2.32. The first-order valence-electron chi connectivity index (χ1n) is 9.31. The molecule has 28 heavy (non-hydrogen) atoms. The fraction of sp³-hybridized carbons (Fsp3) is 0.647. The largest absolute Gasteiger partial charge is 0.392 e. The molecule has 2 fully saturated rings. The molecule has 0 amide bonds. The number of anilines is 1. The first-order chi connectivity index (χ1) is 13.3. The van der Waals surface area contributed by atoms with E-state index in [0.717, 1.165) is 6.07 Å². The van der Waals surface area contributed by atoms with E-state index >= 15 is 0 Å². The number of morpholine rings is 1. The Morgan fingerprint density at radius 3 is 2.39 bits per heavy atom. The maximum atomic E-state index is 13.2. The number of non-ortho nitro benzene ring substituents is 1. The molecular weight excluding hydrogens is 388 g/mol. The molecule has 10 nitrogen and oxygen atoms in total. The van der Waals surface area contributed by atoms with Crippen LogP contribution >= 0.6 is 0 Å². The Morgan fingerprint density at radius 1 is 1.18 bits per heavy atom. The molecular formula is C17H26N4O6S. The predicted molar refractivity (Wildman–Crippen MR) is 103 cm³/mol. The minimum absolute atomic E-state index is 0.0347. The fourth-order valence-corrected chi connectivity index (χ4v) is 5.19. The molecule has 1 unspecified atom stereocenters. The second-order valence-electron chi connectivity index (χ2n) is 7.06. The van der Waals surface area contributed by atoms with Crippen molar-refractivity contribution in [2.24, 2.45) is 0 Å². The topological polar surface area (TPSA) is 116 Å². The van der Waals surface area contributed by atoms with Crippen LogP contribution in [0.15, 0.2) is 23.1 Å². The van der Waals surface area contributed by atoms with Gasteiger partial charge in [0, 0.05) is 57.9 Å². The Labute approximate surface area is 164 Å². The number of hydrogen-bond acceptors (Lipinski definition) is 8. The van der Waals surface area contributed by atoms with E-state index in [-0.39, 0.29) is 23.7 Å². The molecule has 0 spiro atoms. The van der Waals surface area contributed by atoms with Gasteiger partial charge < -0.3 is 14.7 Å². The summed E-state index contributed by atoms with van der Waals surface area (Å²) in [6.07, 6.45) is -0.428. The van der Waals surface area contributed by atoms with Crippen molar-refractivity contribution >= 4 is 21.4 Å². The van der Waals surface area contributed by atoms with Crippen molar-refractivity contribution in [1.29, 1.82) is 0 Å². The zero-order valence-corrected chi connectivity index (χ0v) is 16.7. The molecule has 2 saturated heterocycles. The lowest BCUT2D eigenvalue weighted by Gasteiger charge is -2.37. The van der Waals surface area contributed by atoms with E-state index < -0.39 is 21.1 Å². The average molecular weight is 414 g/mol. The summed E-state index contributed by atoms with van der Waals surface area (Å²) in [7, 11) is -3.88. The summed E-state index contributed by atoms with van der Waals surface area (Å²) in [6, 6.07) is 4.02. The normalized spacial score (nSPS) is 20.9. The molecule has 0 saturated carbocycles. The van der Waals surface area contributed by atoms with Crippen LogP contribution in [0.1, 0.15) is 6.92 Å². The van der Waals surface area contributed by atoms with Crippen LogP contribution in [-0.4, -0.2) is 92.8 Å². The molecule has 11 heteroatoms. The van der Waals surface area contributed by atoms with Crippen molar-refractivity contribution in [2.45, 2.75) is 17.9 Å². The molecule has 1 atom stereocenters. The molecule has 0 aromatic heterocycles. The van der Waals surface area contributed by atoms with Crippen molar-refractivity contribution in [3.05, 3.63) is 28.3 Å². The number of nitro benzene ring substituents is 1. The van der Waals surface area contributed by atoms with Gasteiger partial charge in [-0.2, -0.15) is 4.31 Å². The molecule has 2 heterocycles. The SMILES string of the molecule is CC(O)CN1CCN(c2ccc([N+](=O)[O-])cc2S(=O)(=O)N2CCOCC2)CC1. The summed E-state index contributed by atoms with van der Waals surface area (Å²) in [5, 5.41) is 20.8. The summed E-state index contributed by atoms with van der Waals surface area (Å²) < 4.78 is 33.0. The van der Waals surface area contributed by atoms with Gasteiger partial charge in [0.15, 0.2) is 0 Å². The number of piperazine rings is 1. The number of nitro groups is 1. The summed E-state index contributed by atoms with van der Waals surface area (Å²) in [5.74, 6) is 0. The minimum Gasteiger partial charge on any atom is -0.392 e. The molecule has 0 radical (unpaired) electrons. The zero-order chi connectivity index (χ0) is 20.3. The second-order valence-corrected chi connectivity index (χ2v) is 8.97. The maximum Gasteiger partial charge on any atom is 0.270 e. The van der Waals surface area contributed by atoms with Crippen molar-refractivity contribution in [3.8, 4) is 0 Å². The average Bonchev–Trinajstić information content (AvgIpc) is 2.68. The number of aliphatic hydroxyl groups is 1. The van der Waals surface area contributed by atoms with E-state index in [1.165, 1.54) is 16.4 Å². The smallest absolute Gasteiger partial charge is 0.270 e. The highest BCUT2D eigenvalue weighted by Crippen LogP contribution is 2.32. The number of benzene rings is 1. The van der Waals surface area contributed by atoms with Gasteiger partial charge in [-0.1, -0.05) is 0 Å². The lowest BCUT2D eigenvalue weighted by molar-refractivity contribution is -0.385. The van der Waals surface area contributed by atoms with Gasteiger partial charge in [0.05, 0.1) is 29.9 Å². The summed E-state index contributed by atoms with van der Waals surface area (Å²) in [4.78, 5) is 14.7. The van der Waals surface area contributed by atoms with E-state index in [2.05, 4.69) is 4.90 Å². The van der Waals surface area contributed by atoms with E-state index in [1.807, 2.05) is 4.90 Å². The van der Waals surface area contributed by atoms with E-state index in [4.69, 9.17) is 4.74 Å². The minimum atomic E-state index is -3.88. The van der Waals surface area contributed by atoms with E-state index in [1.54, 1.807) is 6.92 Å². The first kappa shape index (κ1) is 20.9. The van der Waals surface area contributed by atoms with Gasteiger partial charge in [0.25, 0.3) is 5.69 Å². The van der Waals surface area contributed by atoms with Crippen molar-refractivity contribution in [3.63, 3.8) is 0 Å². The Kier molecular flexibility index (Phi) is 6.50. The van der Waals surface area contributed by atoms with Gasteiger partial charge in [-0.3, -0.25) is 15.0 Å². The molecule has 1 N–H and O–H groups in total. The number of β-amino-alcohol motifs (C(OH)–C–C–N with tert-alkyl or cyclic N) is 1. The molecule has 3 rings (SSSR count). The van der Waals surface area contributed by atoms with Crippen LogP contribution in [0.3, 0.4) is 0 Å². The third kappa shape index (κ3) is 4.61. The summed E-state index contributed by atoms with van der Waals surface area (Å²) in [5.41, 5.74) is 0.233. The number of aliphatic hydroxyl groups excluding tert-OH is 1. The molecule has 0 bridgehead atoms. The third-order valence-corrected chi connectivity index (χ3v) is 6.91. The molecule has 1 aromatic rings. The van der Waals surface area contributed by atoms with Crippen LogP contribution in [0.25, 0.3) is 0 Å². The lowest BCUT2D eigenvalue weighted by atomic mass is 10.2. The highest BCUT2D eigenvalue weighted by molar-refractivity contribution is 7.89. The van der Waals surface area contributed by atoms with Crippen LogP contribution in [0.5, 0.6) is 0 Å². The Morgan fingerprint density at radius 2 is 1.82 bits per heavy atom. The first-order valence-corrected chi connectivity index (χ1v) is 10.7. The Bertz CT molecular complexity index is 802. The Hall–Kier alpha value is -1.79. The van der Waals surface area contributed by atoms with Crippen molar-refractivity contribution < 1.29 is 23.2 Å². The zero-order valence-electron chi connectivity index (χ0n) is 15.9. The van der Waals surface area contributed by atoms with E-state index in [0.29, 0.717) is 51.6 Å². The van der Waals surface area contributed by atoms with Gasteiger partial charge in [-0.05, 0) is 13.0 Å². The Balaban J connectivity index is 1.90. The molecule has 156 valence electrons. The van der Waals surface area contributed by atoms with E-state index in [9.17, 15) is 23.6 Å². The molecule has 2 aliphatic heterocycles. The van der Waals surface area contributed by atoms with Crippen LogP contribution in [0.4, 0.5) is 11.4 Å². The summed E-state index contributed by atoms with van der Waals surface area (Å²) in [6.45, 7) is 5.88. The quantitative estimate of drug-likeness (QED) is 0.515. The van der Waals surface area contributed by atoms with Crippen LogP contribution in [-0.2, 0) is 14.8 Å². The standard InChI is InChI=1S/C17H26N4O6S/c1-14(22)13-18-4-6-19(7-5-18)16-3-2-15(21(23)24)12-17(16)28(25,26)20-8-10-27-11-9-20/h2-3,12,14,22H,4-11,13H2,1H3. The maximum absolute atomic E-state index is 13.2. The van der Waals surface area contributed by atoms with Gasteiger partial charge in [0.1, 0.15) is 4.90 Å². The molecule has 0 aliphatic carbocycles. The number of nitrogens with zero attached hydrogens (tertiary/aromatic N) is 4. The lowest BCUT2D eigenvalue weighted by Crippen LogP contribution is -2.49. The third-order valence-electron chi connectivity index (χ3n) is 4.98. The fourth-order valence-electron chi connectivity index (χ4n) is 3.56.